The second kappa shape index (κ2) is 26.4. The number of rotatable bonds is 9. The van der Waals surface area contributed by atoms with Crippen molar-refractivity contribution < 1.29 is 28.7 Å². The lowest BCUT2D eigenvalue weighted by Crippen LogP contribution is -2.10. The van der Waals surface area contributed by atoms with Gasteiger partial charge in [-0.25, -0.2) is 9.59 Å². The minimum atomic E-state index is -0.402. The lowest BCUT2D eigenvalue weighted by Gasteiger charge is -2.09. The van der Waals surface area contributed by atoms with Crippen LogP contribution < -0.4 is 9.47 Å². The van der Waals surface area contributed by atoms with Crippen molar-refractivity contribution in [2.24, 2.45) is 0 Å². The Balaban J connectivity index is 0.00000119. The molecule has 0 amide bonds. The van der Waals surface area contributed by atoms with Crippen LogP contribution in [0.2, 0.25) is 0 Å². The van der Waals surface area contributed by atoms with Crippen LogP contribution in [0.1, 0.15) is 95.0 Å². The Morgan fingerprint density at radius 2 is 1.23 bits per heavy atom. The summed E-state index contributed by atoms with van der Waals surface area (Å²) in [5.41, 5.74) is 3.27. The number of aryl methyl sites for hydroxylation is 1. The first-order valence-corrected chi connectivity index (χ1v) is 16.1. The van der Waals surface area contributed by atoms with Gasteiger partial charge in [0.25, 0.3) is 0 Å². The van der Waals surface area contributed by atoms with Gasteiger partial charge in [-0.15, -0.1) is 13.2 Å². The van der Waals surface area contributed by atoms with Crippen molar-refractivity contribution in [3.63, 3.8) is 0 Å². The maximum atomic E-state index is 12.6. The molecule has 0 atom stereocenters. The largest absolute Gasteiger partial charge is 0.423 e. The Morgan fingerprint density at radius 1 is 0.702 bits per heavy atom. The second-order valence-electron chi connectivity index (χ2n) is 10.5. The highest BCUT2D eigenvalue weighted by Crippen LogP contribution is 2.26. The van der Waals surface area contributed by atoms with Crippen LogP contribution in [0.15, 0.2) is 109 Å². The molecule has 3 aromatic carbocycles. The normalized spacial score (nSPS) is 12.4. The molecule has 47 heavy (non-hydrogen) atoms. The minimum Gasteiger partial charge on any atom is -0.423 e. The van der Waals surface area contributed by atoms with Crippen molar-refractivity contribution >= 4 is 35.8 Å². The summed E-state index contributed by atoms with van der Waals surface area (Å²) >= 11 is 0. The van der Waals surface area contributed by atoms with E-state index in [0.29, 0.717) is 22.6 Å². The average molecular weight is 641 g/mol. The number of carbonyl (C=O) groups excluding carboxylic acids is 4. The van der Waals surface area contributed by atoms with E-state index in [4.69, 9.17) is 14.3 Å². The van der Waals surface area contributed by atoms with Crippen molar-refractivity contribution in [1.29, 1.82) is 0 Å². The fourth-order valence-corrected chi connectivity index (χ4v) is 3.89. The molecule has 252 valence electrons. The minimum absolute atomic E-state index is 0.376. The van der Waals surface area contributed by atoms with Crippen LogP contribution in [0.25, 0.3) is 10.8 Å². The topological polar surface area (TPSA) is 86.7 Å². The molecule has 0 saturated heterocycles. The number of hydrogen-bond donors (Lipinski definition) is 0. The molecule has 1 aliphatic rings. The third kappa shape index (κ3) is 17.4. The Hall–Kier alpha value is -4.84. The van der Waals surface area contributed by atoms with E-state index in [1.807, 2.05) is 57.1 Å². The van der Waals surface area contributed by atoms with E-state index >= 15 is 0 Å². The molecular formula is C41H52O6. The van der Waals surface area contributed by atoms with Gasteiger partial charge in [0.2, 0.25) is 0 Å². The molecule has 0 radical (unpaired) electrons. The van der Waals surface area contributed by atoms with Crippen LogP contribution in [-0.4, -0.2) is 25.0 Å². The van der Waals surface area contributed by atoms with Gasteiger partial charge in [-0.1, -0.05) is 100 Å². The third-order valence-electron chi connectivity index (χ3n) is 6.68. The molecule has 0 aromatic heterocycles. The number of carbonyl (C=O) groups is 4. The van der Waals surface area contributed by atoms with Gasteiger partial charge in [0, 0.05) is 6.42 Å². The molecule has 0 unspecified atom stereocenters. The van der Waals surface area contributed by atoms with Crippen molar-refractivity contribution in [3.05, 3.63) is 120 Å². The van der Waals surface area contributed by atoms with E-state index in [1.165, 1.54) is 25.7 Å². The summed E-state index contributed by atoms with van der Waals surface area (Å²) in [6, 6.07) is 18.0. The molecule has 6 nitrogen and oxygen atoms in total. The van der Waals surface area contributed by atoms with Gasteiger partial charge >= 0.3 is 11.9 Å². The number of ether oxygens (including phenoxy) is 2. The summed E-state index contributed by atoms with van der Waals surface area (Å²) in [5, 5.41) is 1.76. The van der Waals surface area contributed by atoms with Gasteiger partial charge in [-0.05, 0) is 86.4 Å². The summed E-state index contributed by atoms with van der Waals surface area (Å²) < 4.78 is 11.1. The molecule has 3 aromatic rings. The number of hydrogen-bond acceptors (Lipinski definition) is 6. The zero-order chi connectivity index (χ0) is 35.5. The number of aldehydes is 1. The van der Waals surface area contributed by atoms with Crippen LogP contribution >= 0.6 is 0 Å². The Morgan fingerprint density at radius 3 is 1.74 bits per heavy atom. The maximum Gasteiger partial charge on any atom is 0.343 e. The third-order valence-corrected chi connectivity index (χ3v) is 6.68. The SMILES string of the molecule is C/C1=C/CCC=C(C(=O)Oc2ccc3cc(OC(=O)c4ccc(C)cc4)ccc3c2)C=C1.C=C.C=O.CCCC.CCCCCC=O. The smallest absolute Gasteiger partial charge is 0.343 e. The van der Waals surface area contributed by atoms with Gasteiger partial charge in [-0.3, -0.25) is 0 Å². The maximum absolute atomic E-state index is 12.6. The highest BCUT2D eigenvalue weighted by molar-refractivity contribution is 5.95. The van der Waals surface area contributed by atoms with Crippen LogP contribution in [0.4, 0.5) is 0 Å². The highest BCUT2D eigenvalue weighted by atomic mass is 16.5. The number of benzene rings is 3. The van der Waals surface area contributed by atoms with Gasteiger partial charge < -0.3 is 19.1 Å². The Kier molecular flexibility index (Phi) is 23.7. The zero-order valence-electron chi connectivity index (χ0n) is 28.9. The monoisotopic (exact) mass is 640 g/mol. The van der Waals surface area contributed by atoms with E-state index < -0.39 is 5.97 Å². The fourth-order valence-electron chi connectivity index (χ4n) is 3.89. The molecule has 0 N–H and O–H groups in total. The van der Waals surface area contributed by atoms with E-state index in [9.17, 15) is 14.4 Å². The lowest BCUT2D eigenvalue weighted by atomic mass is 10.1. The molecule has 1 aliphatic carbocycles. The van der Waals surface area contributed by atoms with E-state index in [0.717, 1.165) is 53.9 Å². The van der Waals surface area contributed by atoms with Crippen LogP contribution in [0.3, 0.4) is 0 Å². The predicted octanol–water partition coefficient (Wildman–Crippen LogP) is 10.7. The molecule has 4 rings (SSSR count). The van der Waals surface area contributed by atoms with Crippen LogP contribution in [0, 0.1) is 6.92 Å². The van der Waals surface area contributed by atoms with Crippen molar-refractivity contribution in [1.82, 2.24) is 0 Å². The van der Waals surface area contributed by atoms with Crippen LogP contribution in [-0.2, 0) is 14.4 Å². The van der Waals surface area contributed by atoms with Gasteiger partial charge in [0.15, 0.2) is 0 Å². The summed E-state index contributed by atoms with van der Waals surface area (Å²) in [7, 11) is 0. The predicted molar refractivity (Wildman–Crippen MR) is 195 cm³/mol. The number of fused-ring (bicyclic) bond motifs is 1. The van der Waals surface area contributed by atoms with Crippen LogP contribution in [0.5, 0.6) is 11.5 Å². The first-order chi connectivity index (χ1) is 22.8. The van der Waals surface area contributed by atoms with Crippen molar-refractivity contribution in [2.45, 2.75) is 86.0 Å². The van der Waals surface area contributed by atoms with Crippen molar-refractivity contribution in [3.8, 4) is 11.5 Å². The van der Waals surface area contributed by atoms with E-state index in [1.54, 1.807) is 42.5 Å². The Bertz CT molecular complexity index is 1440. The fraction of sp³-hybridized carbons (Fsp3) is 0.317. The molecule has 0 aliphatic heterocycles. The molecule has 0 fully saturated rings. The highest BCUT2D eigenvalue weighted by Gasteiger charge is 2.12. The molecular weight excluding hydrogens is 588 g/mol. The van der Waals surface area contributed by atoms with E-state index in [2.05, 4.69) is 40.0 Å². The summed E-state index contributed by atoms with van der Waals surface area (Å²) in [5.74, 6) is 0.149. The van der Waals surface area contributed by atoms with Gasteiger partial charge in [-0.2, -0.15) is 0 Å². The summed E-state index contributed by atoms with van der Waals surface area (Å²) in [4.78, 5) is 42.6. The Labute approximate surface area is 281 Å². The van der Waals surface area contributed by atoms with Gasteiger partial charge in [0.05, 0.1) is 11.1 Å². The summed E-state index contributed by atoms with van der Waals surface area (Å²) in [6.45, 7) is 18.5. The molecule has 6 heteroatoms. The molecule has 0 spiro atoms. The first kappa shape index (κ1) is 42.2. The van der Waals surface area contributed by atoms with Crippen molar-refractivity contribution in [2.75, 3.05) is 0 Å². The standard InChI is InChI=1S/C28H24O4.C6H12O.C4H10.C2H4.CH2O/c1-19-5-3-4-6-21(10-7-19)27(29)31-25-15-13-24-18-26(16-14-23(24)17-25)32-28(30)22-11-8-20(2)9-12-22;1-2-3-4-5-6-7;1-3-4-2;2*1-2/h5-18H,3-4H2,1-2H3;6H,2-5H2,1H3;3-4H2,1-2H3;1-2H2;1H2/b10-7?,19-5-,21-6?;;;;. The average Bonchev–Trinajstić information content (AvgIpc) is 3.09. The quantitative estimate of drug-likeness (QED) is 0.0760. The molecule has 0 bridgehead atoms. The summed E-state index contributed by atoms with van der Waals surface area (Å²) in [6.07, 6.45) is 17.3. The number of esters is 2. The lowest BCUT2D eigenvalue weighted by molar-refractivity contribution is -0.129. The number of unbranched alkanes of at least 4 members (excludes halogenated alkanes) is 4. The second-order valence-corrected chi connectivity index (χ2v) is 10.5. The molecule has 0 heterocycles. The van der Waals surface area contributed by atoms with Gasteiger partial charge in [0.1, 0.15) is 24.6 Å². The molecule has 0 saturated carbocycles. The first-order valence-electron chi connectivity index (χ1n) is 16.1. The zero-order valence-corrected chi connectivity index (χ0v) is 28.9. The number of allylic oxidation sites excluding steroid dienone is 4. The van der Waals surface area contributed by atoms with E-state index in [-0.39, 0.29) is 5.97 Å².